The Morgan fingerprint density at radius 3 is 2.53 bits per heavy atom. The summed E-state index contributed by atoms with van der Waals surface area (Å²) in [6, 6.07) is 6.49. The van der Waals surface area contributed by atoms with E-state index in [0.29, 0.717) is 24.5 Å². The highest BCUT2D eigenvalue weighted by Gasteiger charge is 2.05. The predicted octanol–water partition coefficient (Wildman–Crippen LogP) is 0.317. The molecule has 0 aliphatic heterocycles. The van der Waals surface area contributed by atoms with E-state index in [2.05, 4.69) is 5.32 Å². The van der Waals surface area contributed by atoms with E-state index < -0.39 is 5.91 Å². The number of primary amides is 1. The van der Waals surface area contributed by atoms with Gasteiger partial charge in [0.1, 0.15) is 5.75 Å². The second-order valence-electron chi connectivity index (χ2n) is 3.88. The zero-order chi connectivity index (χ0) is 14.1. The first-order valence-corrected chi connectivity index (χ1v) is 5.92. The number of carbonyl (C=O) groups is 2. The van der Waals surface area contributed by atoms with Gasteiger partial charge in [0.05, 0.1) is 0 Å². The van der Waals surface area contributed by atoms with Crippen LogP contribution in [0.25, 0.3) is 0 Å². The molecule has 0 spiro atoms. The quantitative estimate of drug-likeness (QED) is 0.663. The lowest BCUT2D eigenvalue weighted by Crippen LogP contribution is -2.25. The average molecular weight is 266 g/mol. The molecule has 2 amide bonds. The van der Waals surface area contributed by atoms with Gasteiger partial charge in [0.15, 0.2) is 6.61 Å². The number of benzene rings is 1. The van der Waals surface area contributed by atoms with Crippen LogP contribution in [0.2, 0.25) is 0 Å². The third-order valence-corrected chi connectivity index (χ3v) is 2.31. The highest BCUT2D eigenvalue weighted by atomic mass is 16.5. The molecule has 0 aromatic heterocycles. The first-order valence-electron chi connectivity index (χ1n) is 5.92. The molecule has 1 aromatic carbocycles. The minimum absolute atomic E-state index is 0.155. The van der Waals surface area contributed by atoms with Crippen LogP contribution in [0, 0.1) is 0 Å². The van der Waals surface area contributed by atoms with E-state index in [-0.39, 0.29) is 12.5 Å². The van der Waals surface area contributed by atoms with E-state index in [1.807, 2.05) is 0 Å². The number of rotatable bonds is 8. The van der Waals surface area contributed by atoms with E-state index in [1.165, 1.54) is 0 Å². The van der Waals surface area contributed by atoms with Crippen LogP contribution in [0.1, 0.15) is 16.8 Å². The van der Waals surface area contributed by atoms with Crippen molar-refractivity contribution < 1.29 is 19.1 Å². The summed E-state index contributed by atoms with van der Waals surface area (Å²) >= 11 is 0. The molecule has 0 bridgehead atoms. The van der Waals surface area contributed by atoms with Gasteiger partial charge >= 0.3 is 0 Å². The minimum atomic E-state index is -0.542. The maximum absolute atomic E-state index is 11.7. The number of hydrogen-bond donors (Lipinski definition) is 2. The van der Waals surface area contributed by atoms with E-state index in [1.54, 1.807) is 31.4 Å². The summed E-state index contributed by atoms with van der Waals surface area (Å²) in [5.41, 5.74) is 5.49. The molecule has 0 heterocycles. The molecule has 0 fully saturated rings. The van der Waals surface area contributed by atoms with E-state index in [4.69, 9.17) is 15.2 Å². The van der Waals surface area contributed by atoms with Gasteiger partial charge in [-0.05, 0) is 30.7 Å². The van der Waals surface area contributed by atoms with Crippen molar-refractivity contribution >= 4 is 11.8 Å². The third-order valence-electron chi connectivity index (χ3n) is 2.31. The Bertz CT molecular complexity index is 417. The predicted molar refractivity (Wildman–Crippen MR) is 70.0 cm³/mol. The minimum Gasteiger partial charge on any atom is -0.484 e. The molecular formula is C13H18N2O4. The molecule has 104 valence electrons. The number of carbonyl (C=O) groups excluding carboxylic acids is 2. The van der Waals surface area contributed by atoms with Crippen molar-refractivity contribution in [1.29, 1.82) is 0 Å². The Balaban J connectivity index is 2.42. The highest BCUT2D eigenvalue weighted by Crippen LogP contribution is 2.11. The van der Waals surface area contributed by atoms with Crippen molar-refractivity contribution in [3.63, 3.8) is 0 Å². The smallest absolute Gasteiger partial charge is 0.255 e. The van der Waals surface area contributed by atoms with E-state index >= 15 is 0 Å². The van der Waals surface area contributed by atoms with Crippen LogP contribution < -0.4 is 15.8 Å². The van der Waals surface area contributed by atoms with Crippen LogP contribution in [-0.4, -0.2) is 38.7 Å². The fourth-order valence-electron chi connectivity index (χ4n) is 1.38. The summed E-state index contributed by atoms with van der Waals surface area (Å²) < 4.78 is 9.98. The lowest BCUT2D eigenvalue weighted by atomic mass is 10.2. The van der Waals surface area contributed by atoms with Crippen LogP contribution >= 0.6 is 0 Å². The first-order chi connectivity index (χ1) is 9.13. The highest BCUT2D eigenvalue weighted by molar-refractivity contribution is 5.94. The summed E-state index contributed by atoms with van der Waals surface area (Å²) in [5.74, 6) is -0.202. The van der Waals surface area contributed by atoms with Gasteiger partial charge in [-0.2, -0.15) is 0 Å². The maximum Gasteiger partial charge on any atom is 0.255 e. The summed E-state index contributed by atoms with van der Waals surface area (Å²) in [6.45, 7) is 0.995. The molecule has 3 N–H and O–H groups in total. The van der Waals surface area contributed by atoms with Gasteiger partial charge in [0.25, 0.3) is 11.8 Å². The molecule has 0 saturated carbocycles. The van der Waals surface area contributed by atoms with Crippen molar-refractivity contribution in [2.24, 2.45) is 5.73 Å². The molecule has 0 unspecified atom stereocenters. The van der Waals surface area contributed by atoms with Crippen LogP contribution in [0.3, 0.4) is 0 Å². The van der Waals surface area contributed by atoms with Crippen molar-refractivity contribution in [3.8, 4) is 5.75 Å². The molecule has 19 heavy (non-hydrogen) atoms. The zero-order valence-electron chi connectivity index (χ0n) is 10.8. The van der Waals surface area contributed by atoms with Gasteiger partial charge in [-0.15, -0.1) is 0 Å². The molecule has 0 saturated heterocycles. The normalized spacial score (nSPS) is 9.95. The van der Waals surface area contributed by atoms with Crippen LogP contribution in [0.15, 0.2) is 24.3 Å². The maximum atomic E-state index is 11.7. The van der Waals surface area contributed by atoms with Crippen LogP contribution in [0.5, 0.6) is 5.75 Å². The van der Waals surface area contributed by atoms with Gasteiger partial charge < -0.3 is 20.5 Å². The lowest BCUT2D eigenvalue weighted by Gasteiger charge is -2.06. The monoisotopic (exact) mass is 266 g/mol. The standard InChI is InChI=1S/C13H18N2O4/c1-18-8-2-7-15-13(17)10-3-5-11(6-4-10)19-9-12(14)16/h3-6H,2,7-9H2,1H3,(H2,14,16)(H,15,17). The van der Waals surface area contributed by atoms with Gasteiger partial charge in [0.2, 0.25) is 0 Å². The number of nitrogens with two attached hydrogens (primary N) is 1. The molecule has 6 nitrogen and oxygen atoms in total. The molecule has 0 radical (unpaired) electrons. The molecule has 6 heteroatoms. The van der Waals surface area contributed by atoms with Gasteiger partial charge in [-0.25, -0.2) is 0 Å². The molecule has 0 atom stereocenters. The SMILES string of the molecule is COCCCNC(=O)c1ccc(OCC(N)=O)cc1. The van der Waals surface area contributed by atoms with Crippen molar-refractivity contribution in [2.75, 3.05) is 26.9 Å². The van der Waals surface area contributed by atoms with Gasteiger partial charge in [0, 0.05) is 25.8 Å². The van der Waals surface area contributed by atoms with E-state index in [0.717, 1.165) is 6.42 Å². The fraction of sp³-hybridized carbons (Fsp3) is 0.385. The van der Waals surface area contributed by atoms with Crippen LogP contribution in [0.4, 0.5) is 0 Å². The van der Waals surface area contributed by atoms with Gasteiger partial charge in [-0.3, -0.25) is 9.59 Å². The van der Waals surface area contributed by atoms with Crippen LogP contribution in [-0.2, 0) is 9.53 Å². The van der Waals surface area contributed by atoms with Crippen molar-refractivity contribution in [2.45, 2.75) is 6.42 Å². The largest absolute Gasteiger partial charge is 0.484 e. The number of nitrogens with one attached hydrogen (secondary N) is 1. The summed E-state index contributed by atoms with van der Waals surface area (Å²) in [7, 11) is 1.62. The number of ether oxygens (including phenoxy) is 2. The molecular weight excluding hydrogens is 248 g/mol. The van der Waals surface area contributed by atoms with E-state index in [9.17, 15) is 9.59 Å². The second-order valence-corrected chi connectivity index (χ2v) is 3.88. The first kappa shape index (κ1) is 15.0. The Hall–Kier alpha value is -2.08. The number of hydrogen-bond acceptors (Lipinski definition) is 4. The summed E-state index contributed by atoms with van der Waals surface area (Å²) in [5, 5.41) is 2.77. The second kappa shape index (κ2) is 8.10. The lowest BCUT2D eigenvalue weighted by molar-refractivity contribution is -0.119. The topological polar surface area (TPSA) is 90.7 Å². The Labute approximate surface area is 111 Å². The number of methoxy groups -OCH3 is 1. The summed E-state index contributed by atoms with van der Waals surface area (Å²) in [4.78, 5) is 22.3. The molecule has 1 aromatic rings. The molecule has 0 aliphatic carbocycles. The molecule has 1 rings (SSSR count). The van der Waals surface area contributed by atoms with Crippen molar-refractivity contribution in [3.05, 3.63) is 29.8 Å². The zero-order valence-corrected chi connectivity index (χ0v) is 10.8. The Kier molecular flexibility index (Phi) is 6.38. The number of amides is 2. The molecule has 0 aliphatic rings. The van der Waals surface area contributed by atoms with Gasteiger partial charge in [-0.1, -0.05) is 0 Å². The van der Waals surface area contributed by atoms with Crippen molar-refractivity contribution in [1.82, 2.24) is 5.32 Å². The Morgan fingerprint density at radius 2 is 1.95 bits per heavy atom. The summed E-state index contributed by atoms with van der Waals surface area (Å²) in [6.07, 6.45) is 0.766. The Morgan fingerprint density at radius 1 is 1.26 bits per heavy atom. The average Bonchev–Trinajstić information content (AvgIpc) is 2.41. The fourth-order valence-corrected chi connectivity index (χ4v) is 1.38. The third kappa shape index (κ3) is 5.87.